The Labute approximate surface area is 219 Å². The molecule has 0 fully saturated rings. The molecule has 0 radical (unpaired) electrons. The van der Waals surface area contributed by atoms with Gasteiger partial charge in [0.25, 0.3) is 0 Å². The summed E-state index contributed by atoms with van der Waals surface area (Å²) >= 11 is 0. The van der Waals surface area contributed by atoms with Crippen LogP contribution in [-0.4, -0.2) is 6.11 Å². The summed E-state index contributed by atoms with van der Waals surface area (Å²) in [4.78, 5) is 0. The summed E-state index contributed by atoms with van der Waals surface area (Å²) in [5, 5.41) is 0. The van der Waals surface area contributed by atoms with Gasteiger partial charge in [0.15, 0.2) is 29.1 Å². The fraction of sp³-hybridized carbons (Fsp3) is 0.200. The Morgan fingerprint density at radius 1 is 0.615 bits per heavy atom. The molecule has 0 spiro atoms. The molecule has 0 atom stereocenters. The van der Waals surface area contributed by atoms with Gasteiger partial charge in [-0.25, -0.2) is 26.3 Å². The number of alkyl halides is 2. The first-order valence-electron chi connectivity index (χ1n) is 12.1. The zero-order chi connectivity index (χ0) is 28.3. The zero-order valence-corrected chi connectivity index (χ0v) is 20.6. The number of aryl methyl sites for hydroxylation is 2. The minimum Gasteiger partial charge on any atom is -0.432 e. The Kier molecular flexibility index (Phi) is 8.28. The van der Waals surface area contributed by atoms with E-state index in [2.05, 4.69) is 4.74 Å². The molecular weight excluding hydrogens is 528 g/mol. The van der Waals surface area contributed by atoms with Crippen LogP contribution in [0.25, 0.3) is 22.3 Å². The lowest BCUT2D eigenvalue weighted by atomic mass is 9.99. The molecule has 4 aromatic rings. The summed E-state index contributed by atoms with van der Waals surface area (Å²) in [6.45, 7) is 1.86. The predicted molar refractivity (Wildman–Crippen MR) is 131 cm³/mol. The number of hydrogen-bond acceptors (Lipinski definition) is 1. The van der Waals surface area contributed by atoms with Crippen molar-refractivity contribution in [1.29, 1.82) is 0 Å². The van der Waals surface area contributed by atoms with Gasteiger partial charge in [0.05, 0.1) is 6.42 Å². The first-order chi connectivity index (χ1) is 18.5. The van der Waals surface area contributed by atoms with E-state index in [1.807, 2.05) is 6.92 Å². The van der Waals surface area contributed by atoms with Crippen LogP contribution in [0.5, 0.6) is 5.75 Å². The highest BCUT2D eigenvalue weighted by Gasteiger charge is 2.31. The summed E-state index contributed by atoms with van der Waals surface area (Å²) in [5.41, 5.74) is 0.560. The van der Waals surface area contributed by atoms with Crippen LogP contribution in [0.3, 0.4) is 0 Å². The van der Waals surface area contributed by atoms with E-state index in [0.717, 1.165) is 12.1 Å². The quantitative estimate of drug-likeness (QED) is 0.149. The van der Waals surface area contributed by atoms with E-state index < -0.39 is 53.2 Å². The summed E-state index contributed by atoms with van der Waals surface area (Å²) in [7, 11) is 0. The first-order valence-corrected chi connectivity index (χ1v) is 12.1. The molecule has 4 rings (SSSR count). The summed E-state index contributed by atoms with van der Waals surface area (Å²) in [5.74, 6) is -8.26. The lowest BCUT2D eigenvalue weighted by Crippen LogP contribution is -2.25. The van der Waals surface area contributed by atoms with E-state index in [0.29, 0.717) is 42.2 Å². The second kappa shape index (κ2) is 11.5. The van der Waals surface area contributed by atoms with Gasteiger partial charge in [-0.1, -0.05) is 49.7 Å². The minimum atomic E-state index is -3.70. The van der Waals surface area contributed by atoms with Crippen LogP contribution in [-0.2, 0) is 12.8 Å². The van der Waals surface area contributed by atoms with Crippen molar-refractivity contribution in [3.8, 4) is 28.0 Å². The third kappa shape index (κ3) is 6.41. The maximum absolute atomic E-state index is 14.5. The number of ether oxygens (including phenoxy) is 1. The van der Waals surface area contributed by atoms with Gasteiger partial charge in [-0.05, 0) is 59.4 Å². The van der Waals surface area contributed by atoms with Crippen molar-refractivity contribution in [3.05, 3.63) is 113 Å². The molecule has 0 saturated carbocycles. The topological polar surface area (TPSA) is 9.23 Å². The van der Waals surface area contributed by atoms with Gasteiger partial charge in [0.1, 0.15) is 11.6 Å². The van der Waals surface area contributed by atoms with Crippen molar-refractivity contribution < 1.29 is 39.9 Å². The minimum absolute atomic E-state index is 0.0594. The Morgan fingerprint density at radius 2 is 1.26 bits per heavy atom. The monoisotopic (exact) mass is 550 g/mol. The van der Waals surface area contributed by atoms with Gasteiger partial charge in [0, 0.05) is 17.2 Å². The third-order valence-corrected chi connectivity index (χ3v) is 6.15. The predicted octanol–water partition coefficient (Wildman–Crippen LogP) is 9.41. The van der Waals surface area contributed by atoms with Crippen LogP contribution in [0, 0.1) is 34.9 Å². The van der Waals surface area contributed by atoms with Gasteiger partial charge in [-0.3, -0.25) is 0 Å². The molecule has 0 aliphatic heterocycles. The van der Waals surface area contributed by atoms with Crippen molar-refractivity contribution in [2.45, 2.75) is 38.7 Å². The molecule has 0 N–H and O–H groups in total. The molecule has 0 unspecified atom stereocenters. The Morgan fingerprint density at radius 3 is 1.87 bits per heavy atom. The third-order valence-electron chi connectivity index (χ3n) is 6.15. The number of halogens is 8. The highest BCUT2D eigenvalue weighted by molar-refractivity contribution is 5.66. The molecule has 1 nitrogen and oxygen atoms in total. The lowest BCUT2D eigenvalue weighted by Gasteiger charge is -2.18. The van der Waals surface area contributed by atoms with E-state index >= 15 is 0 Å². The summed E-state index contributed by atoms with van der Waals surface area (Å²) < 4.78 is 117. The molecule has 0 amide bonds. The second-order valence-electron chi connectivity index (χ2n) is 8.98. The molecule has 0 bridgehead atoms. The summed E-state index contributed by atoms with van der Waals surface area (Å²) in [6.07, 6.45) is -3.56. The van der Waals surface area contributed by atoms with E-state index in [-0.39, 0.29) is 28.7 Å². The fourth-order valence-electron chi connectivity index (χ4n) is 4.14. The van der Waals surface area contributed by atoms with Gasteiger partial charge >= 0.3 is 6.11 Å². The van der Waals surface area contributed by atoms with Crippen molar-refractivity contribution in [2.24, 2.45) is 0 Å². The average Bonchev–Trinajstić information content (AvgIpc) is 2.89. The van der Waals surface area contributed by atoms with Crippen molar-refractivity contribution in [1.82, 2.24) is 0 Å². The highest BCUT2D eigenvalue weighted by atomic mass is 19.3. The van der Waals surface area contributed by atoms with E-state index in [1.54, 1.807) is 0 Å². The summed E-state index contributed by atoms with van der Waals surface area (Å²) in [6, 6.07) is 12.8. The van der Waals surface area contributed by atoms with Gasteiger partial charge < -0.3 is 4.74 Å². The van der Waals surface area contributed by atoms with E-state index in [9.17, 15) is 35.1 Å². The Bertz CT molecular complexity index is 1460. The standard InChI is InChI=1S/C30H22F8O/c1-2-3-19-8-10-23(28(35)27(19)34)18-6-4-17(5-7-18)12-13-30(37,38)39-21-9-11-22(24(31)16-21)20-14-25(32)29(36)26(33)15-20/h4-11,14-16H,2-3,12-13H2,1H3. The van der Waals surface area contributed by atoms with Crippen molar-refractivity contribution in [3.63, 3.8) is 0 Å². The molecule has 0 heterocycles. The molecule has 0 aliphatic carbocycles. The largest absolute Gasteiger partial charge is 0.432 e. The van der Waals surface area contributed by atoms with Crippen LogP contribution in [0.4, 0.5) is 35.1 Å². The van der Waals surface area contributed by atoms with Gasteiger partial charge in [-0.2, -0.15) is 8.78 Å². The van der Waals surface area contributed by atoms with E-state index in [4.69, 9.17) is 0 Å². The molecular formula is C30H22F8O. The van der Waals surface area contributed by atoms with Crippen LogP contribution in [0.2, 0.25) is 0 Å². The zero-order valence-electron chi connectivity index (χ0n) is 20.6. The average molecular weight is 550 g/mol. The normalized spacial score (nSPS) is 11.6. The molecule has 39 heavy (non-hydrogen) atoms. The van der Waals surface area contributed by atoms with Crippen LogP contribution >= 0.6 is 0 Å². The first kappa shape index (κ1) is 28.1. The molecule has 204 valence electrons. The van der Waals surface area contributed by atoms with Gasteiger partial charge in [-0.15, -0.1) is 0 Å². The SMILES string of the molecule is CCCc1ccc(-c2ccc(CCC(F)(F)Oc3ccc(-c4cc(F)c(F)c(F)c4)c(F)c3)cc2)c(F)c1F. The number of rotatable bonds is 9. The second-order valence-corrected chi connectivity index (χ2v) is 8.98. The lowest BCUT2D eigenvalue weighted by molar-refractivity contribution is -0.180. The van der Waals surface area contributed by atoms with Crippen molar-refractivity contribution in [2.75, 3.05) is 0 Å². The fourth-order valence-corrected chi connectivity index (χ4v) is 4.14. The van der Waals surface area contributed by atoms with Crippen LogP contribution < -0.4 is 4.74 Å². The molecule has 9 heteroatoms. The number of hydrogen-bond donors (Lipinski definition) is 0. The van der Waals surface area contributed by atoms with Crippen molar-refractivity contribution >= 4 is 0 Å². The van der Waals surface area contributed by atoms with Crippen LogP contribution in [0.15, 0.2) is 66.7 Å². The Balaban J connectivity index is 1.41. The Hall–Kier alpha value is -3.88. The van der Waals surface area contributed by atoms with Gasteiger partial charge in [0.2, 0.25) is 0 Å². The molecule has 0 aliphatic rings. The maximum atomic E-state index is 14.5. The maximum Gasteiger partial charge on any atom is 0.398 e. The van der Waals surface area contributed by atoms with Crippen LogP contribution in [0.1, 0.15) is 30.9 Å². The van der Waals surface area contributed by atoms with E-state index in [1.165, 1.54) is 36.4 Å². The highest BCUT2D eigenvalue weighted by Crippen LogP contribution is 2.33. The smallest absolute Gasteiger partial charge is 0.398 e. The number of benzene rings is 4. The molecule has 0 aromatic heterocycles. The molecule has 4 aromatic carbocycles. The molecule has 0 saturated heterocycles.